The molecule has 0 bridgehead atoms. The van der Waals surface area contributed by atoms with Crippen molar-refractivity contribution >= 4 is 10.8 Å². The number of hydrogen-bond acceptors (Lipinski definition) is 0. The van der Waals surface area contributed by atoms with E-state index >= 15 is 0 Å². The monoisotopic (exact) mass is 214 g/mol. The maximum Gasteiger partial charge on any atom is -0.0184 e. The second kappa shape index (κ2) is 9.97. The molecule has 0 atom stereocenters. The van der Waals surface area contributed by atoms with Crippen molar-refractivity contribution in [1.29, 1.82) is 0 Å². The molecule has 0 nitrogen and oxygen atoms in total. The van der Waals surface area contributed by atoms with Crippen LogP contribution in [0.15, 0.2) is 60.7 Å². The van der Waals surface area contributed by atoms with Crippen LogP contribution in [0.2, 0.25) is 0 Å². The van der Waals surface area contributed by atoms with Gasteiger partial charge in [-0.25, -0.2) is 0 Å². The van der Waals surface area contributed by atoms with Crippen LogP contribution in [0.4, 0.5) is 0 Å². The van der Waals surface area contributed by atoms with Crippen LogP contribution in [-0.2, 0) is 0 Å². The minimum atomic E-state index is 1.31. The lowest BCUT2D eigenvalue weighted by Crippen LogP contribution is -1.67. The van der Waals surface area contributed by atoms with Crippen LogP contribution >= 0.6 is 0 Å². The molecule has 0 amide bonds. The fraction of sp³-hybridized carbons (Fsp3) is 0.250. The Bertz CT molecular complexity index is 330. The molecule has 0 radical (unpaired) electrons. The minimum absolute atomic E-state index is 1.31. The van der Waals surface area contributed by atoms with Gasteiger partial charge in [0.05, 0.1) is 0 Å². The molecule has 0 unspecified atom stereocenters. The average Bonchev–Trinajstić information content (AvgIpc) is 2.41. The van der Waals surface area contributed by atoms with Gasteiger partial charge in [0, 0.05) is 0 Å². The van der Waals surface area contributed by atoms with Gasteiger partial charge in [-0.15, -0.1) is 0 Å². The van der Waals surface area contributed by atoms with E-state index in [0.717, 1.165) is 0 Å². The summed E-state index contributed by atoms with van der Waals surface area (Å²) in [6.07, 6.45) is 4.00. The van der Waals surface area contributed by atoms with Crippen molar-refractivity contribution in [3.63, 3.8) is 0 Å². The van der Waals surface area contributed by atoms with Crippen molar-refractivity contribution in [2.24, 2.45) is 0 Å². The number of fused-ring (bicyclic) bond motifs is 1. The topological polar surface area (TPSA) is 0 Å². The smallest absolute Gasteiger partial charge is 0.0184 e. The van der Waals surface area contributed by atoms with Crippen molar-refractivity contribution in [2.45, 2.75) is 27.7 Å². The van der Waals surface area contributed by atoms with E-state index in [9.17, 15) is 0 Å². The van der Waals surface area contributed by atoms with E-state index in [1.165, 1.54) is 10.8 Å². The highest BCUT2D eigenvalue weighted by Crippen LogP contribution is 2.11. The van der Waals surface area contributed by atoms with Gasteiger partial charge in [0.2, 0.25) is 0 Å². The van der Waals surface area contributed by atoms with Gasteiger partial charge in [-0.2, -0.15) is 0 Å². The Hall–Kier alpha value is -1.56. The predicted molar refractivity (Wildman–Crippen MR) is 75.8 cm³/mol. The van der Waals surface area contributed by atoms with Gasteiger partial charge < -0.3 is 0 Å². The van der Waals surface area contributed by atoms with Crippen molar-refractivity contribution in [2.75, 3.05) is 0 Å². The number of hydrogen-bond donors (Lipinski definition) is 0. The summed E-state index contributed by atoms with van der Waals surface area (Å²) < 4.78 is 0. The van der Waals surface area contributed by atoms with Crippen LogP contribution in [0.3, 0.4) is 0 Å². The van der Waals surface area contributed by atoms with E-state index in [4.69, 9.17) is 0 Å². The van der Waals surface area contributed by atoms with E-state index in [2.05, 4.69) is 48.5 Å². The fourth-order valence-corrected chi connectivity index (χ4v) is 1.13. The third-order valence-electron chi connectivity index (χ3n) is 1.99. The Morgan fingerprint density at radius 3 is 1.06 bits per heavy atom. The number of allylic oxidation sites excluding steroid dienone is 2. The molecule has 0 aromatic heterocycles. The van der Waals surface area contributed by atoms with Gasteiger partial charge in [-0.05, 0) is 24.6 Å². The van der Waals surface area contributed by atoms with Crippen molar-refractivity contribution in [3.05, 3.63) is 60.7 Å². The predicted octanol–water partition coefficient (Wildman–Crippen LogP) is 5.45. The standard InChI is InChI=1S/C10H8.C4H8.C2H6/c1-2-6-10-8-4-3-7-9(10)5-1;1-3-4-2;1-2/h1-8H;3-4H,1-2H3;1-2H3/b;4-3-;. The molecule has 0 N–H and O–H groups in total. The lowest BCUT2D eigenvalue weighted by Gasteiger charge is -1.92. The van der Waals surface area contributed by atoms with Crippen LogP contribution in [0.1, 0.15) is 27.7 Å². The van der Waals surface area contributed by atoms with Crippen LogP contribution in [0.25, 0.3) is 10.8 Å². The zero-order chi connectivity index (χ0) is 12.2. The van der Waals surface area contributed by atoms with E-state index in [0.29, 0.717) is 0 Å². The highest BCUT2D eigenvalue weighted by molar-refractivity contribution is 5.81. The van der Waals surface area contributed by atoms with Gasteiger partial charge in [0.15, 0.2) is 0 Å². The second-order valence-electron chi connectivity index (χ2n) is 3.01. The van der Waals surface area contributed by atoms with Gasteiger partial charge in [0.1, 0.15) is 0 Å². The molecular weight excluding hydrogens is 192 g/mol. The molecule has 0 fully saturated rings. The van der Waals surface area contributed by atoms with E-state index < -0.39 is 0 Å². The number of benzene rings is 2. The molecule has 0 heteroatoms. The van der Waals surface area contributed by atoms with E-state index in [-0.39, 0.29) is 0 Å². The highest BCUT2D eigenvalue weighted by Gasteiger charge is 1.85. The molecule has 0 saturated heterocycles. The zero-order valence-electron chi connectivity index (χ0n) is 10.8. The van der Waals surface area contributed by atoms with Crippen molar-refractivity contribution < 1.29 is 0 Å². The maximum atomic E-state index is 2.12. The van der Waals surface area contributed by atoms with Gasteiger partial charge >= 0.3 is 0 Å². The first-order valence-corrected chi connectivity index (χ1v) is 5.89. The van der Waals surface area contributed by atoms with Crippen LogP contribution in [0, 0.1) is 0 Å². The largest absolute Gasteiger partial charge is 0.0919 e. The normalized spacial score (nSPS) is 9.00. The maximum absolute atomic E-state index is 2.12. The Labute approximate surface area is 99.6 Å². The molecule has 2 aromatic rings. The first-order valence-electron chi connectivity index (χ1n) is 5.89. The van der Waals surface area contributed by atoms with Crippen molar-refractivity contribution in [3.8, 4) is 0 Å². The molecule has 86 valence electrons. The third kappa shape index (κ3) is 5.35. The Kier molecular flexibility index (Phi) is 9.00. The molecule has 2 rings (SSSR count). The molecular formula is C16H22. The molecule has 0 saturated carbocycles. The fourth-order valence-electron chi connectivity index (χ4n) is 1.13. The molecule has 0 aliphatic heterocycles. The summed E-state index contributed by atoms with van der Waals surface area (Å²) in [5.74, 6) is 0. The quantitative estimate of drug-likeness (QED) is 0.512. The molecule has 2 aromatic carbocycles. The second-order valence-corrected chi connectivity index (χ2v) is 3.01. The first-order chi connectivity index (χ1) is 7.88. The van der Waals surface area contributed by atoms with Crippen LogP contribution in [0.5, 0.6) is 0 Å². The van der Waals surface area contributed by atoms with Gasteiger partial charge in [0.25, 0.3) is 0 Å². The molecule has 0 aliphatic carbocycles. The summed E-state index contributed by atoms with van der Waals surface area (Å²) in [5, 5.41) is 2.62. The Balaban J connectivity index is 0.000000323. The molecule has 16 heavy (non-hydrogen) atoms. The Morgan fingerprint density at radius 2 is 0.875 bits per heavy atom. The summed E-state index contributed by atoms with van der Waals surface area (Å²) in [6.45, 7) is 8.00. The molecule has 0 heterocycles. The van der Waals surface area contributed by atoms with Gasteiger partial charge in [-0.3, -0.25) is 0 Å². The number of rotatable bonds is 0. The average molecular weight is 214 g/mol. The van der Waals surface area contributed by atoms with Crippen molar-refractivity contribution in [1.82, 2.24) is 0 Å². The Morgan fingerprint density at radius 1 is 0.625 bits per heavy atom. The van der Waals surface area contributed by atoms with Gasteiger partial charge in [-0.1, -0.05) is 74.5 Å². The third-order valence-corrected chi connectivity index (χ3v) is 1.99. The van der Waals surface area contributed by atoms with Crippen LogP contribution in [-0.4, -0.2) is 0 Å². The van der Waals surface area contributed by atoms with E-state index in [1.807, 2.05) is 39.8 Å². The van der Waals surface area contributed by atoms with E-state index in [1.54, 1.807) is 0 Å². The lowest BCUT2D eigenvalue weighted by atomic mass is 10.1. The first kappa shape index (κ1) is 14.4. The summed E-state index contributed by atoms with van der Waals surface area (Å²) in [7, 11) is 0. The summed E-state index contributed by atoms with van der Waals surface area (Å²) in [5.41, 5.74) is 0. The lowest BCUT2D eigenvalue weighted by molar-refractivity contribution is 1.50. The van der Waals surface area contributed by atoms with Crippen LogP contribution < -0.4 is 0 Å². The highest BCUT2D eigenvalue weighted by atomic mass is 13.9. The summed E-state index contributed by atoms with van der Waals surface area (Å²) in [4.78, 5) is 0. The minimum Gasteiger partial charge on any atom is -0.0919 e. The summed E-state index contributed by atoms with van der Waals surface area (Å²) in [6, 6.07) is 16.7. The SMILES string of the molecule is C/C=C\C.CC.c1ccc2ccccc2c1. The molecule has 0 aliphatic rings. The summed E-state index contributed by atoms with van der Waals surface area (Å²) >= 11 is 0. The molecule has 0 spiro atoms. The zero-order valence-corrected chi connectivity index (χ0v) is 10.8.